The van der Waals surface area contributed by atoms with Crippen molar-refractivity contribution in [3.05, 3.63) is 83.4 Å². The molecule has 168 valence electrons. The van der Waals surface area contributed by atoms with Gasteiger partial charge in [0.1, 0.15) is 0 Å². The van der Waals surface area contributed by atoms with E-state index in [1.54, 1.807) is 11.1 Å². The molecular weight excluding hydrogens is 398 g/mol. The summed E-state index contributed by atoms with van der Waals surface area (Å²) in [5.41, 5.74) is 11.0. The van der Waals surface area contributed by atoms with E-state index >= 15 is 0 Å². The summed E-state index contributed by atoms with van der Waals surface area (Å²) in [6.07, 6.45) is 5.74. The fourth-order valence-electron chi connectivity index (χ4n) is 8.31. The van der Waals surface area contributed by atoms with Crippen molar-refractivity contribution in [2.45, 2.75) is 63.7 Å². The molecule has 2 bridgehead atoms. The molecule has 0 aromatic heterocycles. The van der Waals surface area contributed by atoms with Crippen LogP contribution in [0.25, 0.3) is 11.1 Å². The minimum atomic E-state index is 0.177. The van der Waals surface area contributed by atoms with E-state index in [9.17, 15) is 0 Å². The van der Waals surface area contributed by atoms with Crippen LogP contribution >= 0.6 is 0 Å². The average molecular weight is 434 g/mol. The van der Waals surface area contributed by atoms with E-state index in [0.29, 0.717) is 5.41 Å². The normalized spacial score (nSPS) is 30.7. The number of anilines is 2. The number of hydrogen-bond acceptors (Lipinski definition) is 1. The van der Waals surface area contributed by atoms with Crippen molar-refractivity contribution in [3.8, 4) is 11.1 Å². The molecule has 4 aliphatic rings. The maximum atomic E-state index is 2.47. The zero-order chi connectivity index (χ0) is 22.5. The van der Waals surface area contributed by atoms with Crippen LogP contribution in [0.2, 0.25) is 0 Å². The lowest BCUT2D eigenvalue weighted by Gasteiger charge is -2.67. The van der Waals surface area contributed by atoms with E-state index in [0.717, 1.165) is 23.7 Å². The van der Waals surface area contributed by atoms with Crippen molar-refractivity contribution in [2.75, 3.05) is 11.9 Å². The molecule has 1 heteroatoms. The van der Waals surface area contributed by atoms with Crippen molar-refractivity contribution in [3.63, 3.8) is 0 Å². The van der Waals surface area contributed by atoms with Crippen LogP contribution in [0.15, 0.2) is 66.7 Å². The van der Waals surface area contributed by atoms with Crippen LogP contribution in [0.5, 0.6) is 0 Å². The fraction of sp³-hybridized carbons (Fsp3) is 0.438. The van der Waals surface area contributed by atoms with E-state index in [1.807, 2.05) is 0 Å². The third-order valence-electron chi connectivity index (χ3n) is 10.0. The predicted molar refractivity (Wildman–Crippen MR) is 138 cm³/mol. The van der Waals surface area contributed by atoms with Gasteiger partial charge >= 0.3 is 0 Å². The SMILES string of the molecule is CN(c1ccc(C(C)(C)C)cc1)c1cccc2c1-c1ccccc1C1CC3CC4CC2C34C1. The molecule has 0 heterocycles. The number of fused-ring (bicyclic) bond motifs is 6. The molecule has 0 amide bonds. The van der Waals surface area contributed by atoms with Crippen LogP contribution in [0.4, 0.5) is 11.4 Å². The molecule has 5 atom stereocenters. The Kier molecular flexibility index (Phi) is 3.93. The Morgan fingerprint density at radius 2 is 1.52 bits per heavy atom. The third kappa shape index (κ3) is 2.54. The monoisotopic (exact) mass is 433 g/mol. The maximum absolute atomic E-state index is 2.47. The summed E-state index contributed by atoms with van der Waals surface area (Å²) in [5, 5.41) is 0. The van der Waals surface area contributed by atoms with Gasteiger partial charge in [-0.1, -0.05) is 69.3 Å². The zero-order valence-electron chi connectivity index (χ0n) is 20.4. The minimum absolute atomic E-state index is 0.177. The van der Waals surface area contributed by atoms with Gasteiger partial charge in [0.2, 0.25) is 0 Å². The van der Waals surface area contributed by atoms with Gasteiger partial charge in [0.05, 0.1) is 0 Å². The van der Waals surface area contributed by atoms with E-state index in [1.165, 1.54) is 53.7 Å². The van der Waals surface area contributed by atoms with Crippen molar-refractivity contribution in [1.82, 2.24) is 0 Å². The Morgan fingerprint density at radius 3 is 2.27 bits per heavy atom. The molecule has 4 aliphatic carbocycles. The number of hydrogen-bond donors (Lipinski definition) is 0. The number of benzene rings is 3. The smallest absolute Gasteiger partial charge is 0.0490 e. The topological polar surface area (TPSA) is 3.24 Å². The standard InChI is InChI=1S/C32H35N/c1-31(2,3)21-12-14-24(15-13-21)33(4)29-11-7-10-27-28-18-23-17-22-16-20(19-32(22,23)28)25-8-5-6-9-26(25)30(27)29/h5-15,20,22-23,28H,16-19H2,1-4H3. The highest BCUT2D eigenvalue weighted by Crippen LogP contribution is 2.80. The Hall–Kier alpha value is -2.54. The zero-order valence-corrected chi connectivity index (χ0v) is 20.4. The summed E-state index contributed by atoms with van der Waals surface area (Å²) in [7, 11) is 2.26. The van der Waals surface area contributed by atoms with Crippen LogP contribution < -0.4 is 4.90 Å². The lowest BCUT2D eigenvalue weighted by Crippen LogP contribution is -2.59. The molecule has 1 nitrogen and oxygen atoms in total. The average Bonchev–Trinajstić information content (AvgIpc) is 3.17. The highest BCUT2D eigenvalue weighted by molar-refractivity contribution is 5.87. The first-order valence-electron chi connectivity index (χ1n) is 12.9. The predicted octanol–water partition coefficient (Wildman–Crippen LogP) is 8.42. The molecule has 3 aromatic rings. The molecule has 0 saturated heterocycles. The highest BCUT2D eigenvalue weighted by atomic mass is 15.1. The van der Waals surface area contributed by atoms with Crippen molar-refractivity contribution < 1.29 is 0 Å². The van der Waals surface area contributed by atoms with Crippen LogP contribution in [-0.4, -0.2) is 7.05 Å². The van der Waals surface area contributed by atoms with Gasteiger partial charge in [-0.2, -0.15) is 0 Å². The van der Waals surface area contributed by atoms with Crippen LogP contribution in [0, 0.1) is 17.3 Å². The molecular formula is C32H35N. The van der Waals surface area contributed by atoms with E-state index in [4.69, 9.17) is 0 Å². The molecule has 0 radical (unpaired) electrons. The molecule has 0 N–H and O–H groups in total. The van der Waals surface area contributed by atoms with Gasteiger partial charge in [0.25, 0.3) is 0 Å². The molecule has 0 aliphatic heterocycles. The first-order valence-corrected chi connectivity index (χ1v) is 12.9. The van der Waals surface area contributed by atoms with Crippen LogP contribution in [0.1, 0.15) is 75.0 Å². The van der Waals surface area contributed by atoms with Crippen molar-refractivity contribution >= 4 is 11.4 Å². The number of rotatable bonds is 2. The molecule has 1 spiro atoms. The van der Waals surface area contributed by atoms with Gasteiger partial charge in [-0.05, 0) is 101 Å². The Labute approximate surface area is 198 Å². The molecule has 7 rings (SSSR count). The summed E-state index contributed by atoms with van der Waals surface area (Å²) in [4.78, 5) is 2.43. The van der Waals surface area contributed by atoms with Gasteiger partial charge in [-0.15, -0.1) is 0 Å². The van der Waals surface area contributed by atoms with E-state index in [2.05, 4.69) is 99.4 Å². The second-order valence-electron chi connectivity index (χ2n) is 12.4. The second-order valence-corrected chi connectivity index (χ2v) is 12.4. The molecule has 3 fully saturated rings. The summed E-state index contributed by atoms with van der Waals surface area (Å²) in [5.74, 6) is 3.45. The fourth-order valence-corrected chi connectivity index (χ4v) is 8.31. The Morgan fingerprint density at radius 1 is 0.788 bits per heavy atom. The lowest BCUT2D eigenvalue weighted by molar-refractivity contribution is -0.144. The van der Waals surface area contributed by atoms with Crippen LogP contribution in [-0.2, 0) is 5.41 Å². The number of nitrogens with zero attached hydrogens (tertiary/aromatic N) is 1. The highest BCUT2D eigenvalue weighted by Gasteiger charge is 2.70. The third-order valence-corrected chi connectivity index (χ3v) is 10.0. The van der Waals surface area contributed by atoms with Crippen molar-refractivity contribution in [2.24, 2.45) is 17.3 Å². The quantitative estimate of drug-likeness (QED) is 0.392. The van der Waals surface area contributed by atoms with Gasteiger partial charge < -0.3 is 4.90 Å². The molecule has 3 saturated carbocycles. The maximum Gasteiger partial charge on any atom is 0.0490 e. The van der Waals surface area contributed by atoms with E-state index < -0.39 is 0 Å². The summed E-state index contributed by atoms with van der Waals surface area (Å²) < 4.78 is 0. The summed E-state index contributed by atoms with van der Waals surface area (Å²) >= 11 is 0. The summed E-state index contributed by atoms with van der Waals surface area (Å²) in [6.45, 7) is 6.86. The lowest BCUT2D eigenvalue weighted by atomic mass is 9.37. The van der Waals surface area contributed by atoms with Crippen molar-refractivity contribution in [1.29, 1.82) is 0 Å². The van der Waals surface area contributed by atoms with Gasteiger partial charge in [0, 0.05) is 24.0 Å². The minimum Gasteiger partial charge on any atom is -0.344 e. The van der Waals surface area contributed by atoms with Gasteiger partial charge in [-0.3, -0.25) is 0 Å². The second kappa shape index (κ2) is 6.53. The first kappa shape index (κ1) is 19.9. The van der Waals surface area contributed by atoms with Gasteiger partial charge in [-0.25, -0.2) is 0 Å². The molecule has 33 heavy (non-hydrogen) atoms. The van der Waals surface area contributed by atoms with E-state index in [-0.39, 0.29) is 5.41 Å². The van der Waals surface area contributed by atoms with Gasteiger partial charge in [0.15, 0.2) is 0 Å². The largest absolute Gasteiger partial charge is 0.344 e. The Bertz CT molecular complexity index is 1250. The molecule has 3 aromatic carbocycles. The first-order chi connectivity index (χ1) is 15.9. The Balaban J connectivity index is 1.40. The summed E-state index contributed by atoms with van der Waals surface area (Å²) in [6, 6.07) is 25.7. The van der Waals surface area contributed by atoms with Crippen LogP contribution in [0.3, 0.4) is 0 Å². The molecule has 5 unspecified atom stereocenters.